The lowest BCUT2D eigenvalue weighted by atomic mass is 9.95. The fourth-order valence-electron chi connectivity index (χ4n) is 2.80. The van der Waals surface area contributed by atoms with Crippen LogP contribution >= 0.6 is 11.3 Å². The van der Waals surface area contributed by atoms with Gasteiger partial charge in [0.15, 0.2) is 5.13 Å². The summed E-state index contributed by atoms with van der Waals surface area (Å²) in [6.45, 7) is 9.94. The minimum atomic E-state index is 0.794. The Balaban J connectivity index is 1.96. The van der Waals surface area contributed by atoms with E-state index in [0.717, 1.165) is 37.1 Å². The summed E-state index contributed by atoms with van der Waals surface area (Å²) in [6, 6.07) is 8.53. The molecule has 116 valence electrons. The Labute approximate surface area is 136 Å². The Morgan fingerprint density at radius 2 is 1.91 bits per heavy atom. The number of hydrogen-bond acceptors (Lipinski definition) is 4. The number of ether oxygens (including phenoxy) is 1. The van der Waals surface area contributed by atoms with Gasteiger partial charge in [0.05, 0.1) is 18.9 Å². The number of hydrogen-bond donors (Lipinski definition) is 0. The molecule has 0 unspecified atom stereocenters. The quantitative estimate of drug-likeness (QED) is 0.852. The van der Waals surface area contributed by atoms with Gasteiger partial charge in [-0.1, -0.05) is 29.8 Å². The molecule has 4 heteroatoms. The first-order valence-corrected chi connectivity index (χ1v) is 8.57. The van der Waals surface area contributed by atoms with Crippen LogP contribution in [0.2, 0.25) is 0 Å². The van der Waals surface area contributed by atoms with E-state index in [2.05, 4.69) is 55.3 Å². The van der Waals surface area contributed by atoms with Crippen molar-refractivity contribution in [1.82, 2.24) is 4.98 Å². The SMILES string of the molecule is CC(C)=C(c1csc(N2CCOCC2)n1)c1ccccc1C. The topological polar surface area (TPSA) is 25.4 Å². The molecule has 1 aromatic carbocycles. The van der Waals surface area contributed by atoms with Crippen LogP contribution in [0.5, 0.6) is 0 Å². The lowest BCUT2D eigenvalue weighted by Crippen LogP contribution is -2.36. The summed E-state index contributed by atoms with van der Waals surface area (Å²) in [6.07, 6.45) is 0. The number of rotatable bonds is 3. The average molecular weight is 314 g/mol. The van der Waals surface area contributed by atoms with Crippen molar-refractivity contribution in [3.63, 3.8) is 0 Å². The Kier molecular flexibility index (Phi) is 4.60. The highest BCUT2D eigenvalue weighted by molar-refractivity contribution is 7.13. The zero-order valence-corrected chi connectivity index (χ0v) is 14.2. The van der Waals surface area contributed by atoms with Gasteiger partial charge in [0.25, 0.3) is 0 Å². The highest BCUT2D eigenvalue weighted by Crippen LogP contribution is 2.32. The van der Waals surface area contributed by atoms with Crippen LogP contribution < -0.4 is 4.90 Å². The first-order valence-electron chi connectivity index (χ1n) is 7.69. The largest absolute Gasteiger partial charge is 0.378 e. The van der Waals surface area contributed by atoms with Crippen molar-refractivity contribution >= 4 is 22.0 Å². The van der Waals surface area contributed by atoms with Gasteiger partial charge in [0.2, 0.25) is 0 Å². The normalized spacial score (nSPS) is 15.0. The van der Waals surface area contributed by atoms with Crippen LogP contribution in [0, 0.1) is 6.92 Å². The van der Waals surface area contributed by atoms with Crippen molar-refractivity contribution in [2.75, 3.05) is 31.2 Å². The molecular formula is C18H22N2OS. The zero-order chi connectivity index (χ0) is 15.5. The second kappa shape index (κ2) is 6.63. The summed E-state index contributed by atoms with van der Waals surface area (Å²) in [4.78, 5) is 7.22. The van der Waals surface area contributed by atoms with Gasteiger partial charge in [-0.15, -0.1) is 11.3 Å². The van der Waals surface area contributed by atoms with E-state index in [9.17, 15) is 0 Å². The van der Waals surface area contributed by atoms with Crippen LogP contribution in [0.1, 0.15) is 30.7 Å². The first kappa shape index (κ1) is 15.3. The van der Waals surface area contributed by atoms with Gasteiger partial charge in [0.1, 0.15) is 0 Å². The van der Waals surface area contributed by atoms with Crippen molar-refractivity contribution < 1.29 is 4.74 Å². The third kappa shape index (κ3) is 3.08. The number of anilines is 1. The second-order valence-electron chi connectivity index (χ2n) is 5.80. The third-order valence-electron chi connectivity index (χ3n) is 3.94. The molecule has 2 heterocycles. The van der Waals surface area contributed by atoms with Crippen LogP contribution in [0.15, 0.2) is 35.2 Å². The van der Waals surface area contributed by atoms with Crippen LogP contribution in [0.3, 0.4) is 0 Å². The van der Waals surface area contributed by atoms with E-state index < -0.39 is 0 Å². The summed E-state index contributed by atoms with van der Waals surface area (Å²) in [5.74, 6) is 0. The maximum absolute atomic E-state index is 5.42. The maximum atomic E-state index is 5.42. The molecule has 0 radical (unpaired) electrons. The van der Waals surface area contributed by atoms with Gasteiger partial charge >= 0.3 is 0 Å². The lowest BCUT2D eigenvalue weighted by molar-refractivity contribution is 0.122. The predicted molar refractivity (Wildman–Crippen MR) is 93.7 cm³/mol. The molecule has 1 aromatic heterocycles. The van der Waals surface area contributed by atoms with Gasteiger partial charge in [-0.3, -0.25) is 0 Å². The molecular weight excluding hydrogens is 292 g/mol. The molecule has 22 heavy (non-hydrogen) atoms. The van der Waals surface area contributed by atoms with Gasteiger partial charge in [0, 0.05) is 24.0 Å². The van der Waals surface area contributed by atoms with Crippen LogP contribution in [-0.2, 0) is 4.74 Å². The van der Waals surface area contributed by atoms with E-state index >= 15 is 0 Å². The fraction of sp³-hybridized carbons (Fsp3) is 0.389. The second-order valence-corrected chi connectivity index (χ2v) is 6.64. The van der Waals surface area contributed by atoms with E-state index in [1.54, 1.807) is 11.3 Å². The molecule has 1 fully saturated rings. The number of aromatic nitrogens is 1. The molecule has 1 aliphatic heterocycles. The van der Waals surface area contributed by atoms with E-state index in [1.165, 1.54) is 22.3 Å². The summed E-state index contributed by atoms with van der Waals surface area (Å²) in [5.41, 5.74) is 6.21. The van der Waals surface area contributed by atoms with Crippen LogP contribution in [0.4, 0.5) is 5.13 Å². The molecule has 3 nitrogen and oxygen atoms in total. The third-order valence-corrected chi connectivity index (χ3v) is 4.85. The highest BCUT2D eigenvalue weighted by atomic mass is 32.1. The number of thiazole rings is 1. The Morgan fingerprint density at radius 1 is 1.18 bits per heavy atom. The predicted octanol–water partition coefficient (Wildman–Crippen LogP) is 4.13. The van der Waals surface area contributed by atoms with Crippen LogP contribution in [0.25, 0.3) is 5.57 Å². The molecule has 0 bridgehead atoms. The number of allylic oxidation sites excluding steroid dienone is 1. The molecule has 0 atom stereocenters. The van der Waals surface area contributed by atoms with Crippen molar-refractivity contribution in [3.8, 4) is 0 Å². The minimum Gasteiger partial charge on any atom is -0.378 e. The minimum absolute atomic E-state index is 0.794. The lowest BCUT2D eigenvalue weighted by Gasteiger charge is -2.26. The standard InChI is InChI=1S/C18H22N2OS/c1-13(2)17(15-7-5-4-6-14(15)3)16-12-22-18(19-16)20-8-10-21-11-9-20/h4-7,12H,8-11H2,1-3H3. The van der Waals surface area contributed by atoms with Gasteiger partial charge < -0.3 is 9.64 Å². The number of nitrogens with zero attached hydrogens (tertiary/aromatic N) is 2. The maximum Gasteiger partial charge on any atom is 0.186 e. The zero-order valence-electron chi connectivity index (χ0n) is 13.4. The number of morpholine rings is 1. The summed E-state index contributed by atoms with van der Waals surface area (Å²) in [7, 11) is 0. The first-order chi connectivity index (χ1) is 10.7. The van der Waals surface area contributed by atoms with Crippen molar-refractivity contribution in [2.45, 2.75) is 20.8 Å². The average Bonchev–Trinajstić information content (AvgIpc) is 2.99. The van der Waals surface area contributed by atoms with E-state index in [0.29, 0.717) is 0 Å². The van der Waals surface area contributed by atoms with E-state index in [4.69, 9.17) is 9.72 Å². The monoisotopic (exact) mass is 314 g/mol. The van der Waals surface area contributed by atoms with Crippen molar-refractivity contribution in [1.29, 1.82) is 0 Å². The van der Waals surface area contributed by atoms with E-state index in [-0.39, 0.29) is 0 Å². The smallest absolute Gasteiger partial charge is 0.186 e. The number of benzene rings is 1. The van der Waals surface area contributed by atoms with E-state index in [1.807, 2.05) is 0 Å². The molecule has 2 aromatic rings. The van der Waals surface area contributed by atoms with Gasteiger partial charge in [-0.05, 0) is 31.9 Å². The molecule has 0 amide bonds. The molecule has 1 aliphatic rings. The van der Waals surface area contributed by atoms with Crippen molar-refractivity contribution in [2.24, 2.45) is 0 Å². The van der Waals surface area contributed by atoms with Crippen LogP contribution in [-0.4, -0.2) is 31.3 Å². The van der Waals surface area contributed by atoms with Crippen molar-refractivity contribution in [3.05, 3.63) is 52.0 Å². The molecule has 0 spiro atoms. The number of aryl methyl sites for hydroxylation is 1. The Bertz CT molecular complexity index is 680. The summed E-state index contributed by atoms with van der Waals surface area (Å²) >= 11 is 1.73. The summed E-state index contributed by atoms with van der Waals surface area (Å²) < 4.78 is 5.42. The Hall–Kier alpha value is -1.65. The molecule has 1 saturated heterocycles. The Morgan fingerprint density at radius 3 is 2.59 bits per heavy atom. The molecule has 0 aliphatic carbocycles. The van der Waals surface area contributed by atoms with Gasteiger partial charge in [-0.25, -0.2) is 4.98 Å². The molecule has 3 rings (SSSR count). The summed E-state index contributed by atoms with van der Waals surface area (Å²) in [5, 5.41) is 3.28. The molecule has 0 saturated carbocycles. The molecule has 0 N–H and O–H groups in total. The van der Waals surface area contributed by atoms with Gasteiger partial charge in [-0.2, -0.15) is 0 Å². The highest BCUT2D eigenvalue weighted by Gasteiger charge is 2.17. The fourth-order valence-corrected chi connectivity index (χ4v) is 3.67.